The van der Waals surface area contributed by atoms with Crippen molar-refractivity contribution in [2.24, 2.45) is 11.3 Å². The molecule has 1 saturated heterocycles. The van der Waals surface area contributed by atoms with E-state index in [4.69, 9.17) is 4.74 Å². The van der Waals surface area contributed by atoms with Crippen molar-refractivity contribution in [3.63, 3.8) is 0 Å². The smallest absolute Gasteiger partial charge is 0.0814 e. The molecule has 0 bridgehead atoms. The molecule has 19 heavy (non-hydrogen) atoms. The standard InChI is InChI=1S/C17H33NO/c1-6-16(7-2)12-18-13-17(19-16)10-8-14(9-11-17)15(3,4)5/h14,18H,6-13H2,1-5H3. The van der Waals surface area contributed by atoms with Gasteiger partial charge >= 0.3 is 0 Å². The van der Waals surface area contributed by atoms with E-state index in [0.717, 1.165) is 31.8 Å². The maximum Gasteiger partial charge on any atom is 0.0814 e. The molecule has 0 aromatic carbocycles. The van der Waals surface area contributed by atoms with Gasteiger partial charge in [-0.15, -0.1) is 0 Å². The first-order valence-corrected chi connectivity index (χ1v) is 8.26. The van der Waals surface area contributed by atoms with Gasteiger partial charge in [-0.1, -0.05) is 34.6 Å². The van der Waals surface area contributed by atoms with E-state index in [-0.39, 0.29) is 11.2 Å². The molecule has 1 aliphatic carbocycles. The van der Waals surface area contributed by atoms with Crippen LogP contribution in [-0.4, -0.2) is 24.3 Å². The molecule has 0 amide bonds. The van der Waals surface area contributed by atoms with E-state index in [1.54, 1.807) is 0 Å². The molecule has 1 spiro atoms. The minimum Gasteiger partial charge on any atom is -0.366 e. The van der Waals surface area contributed by atoms with Crippen molar-refractivity contribution in [1.29, 1.82) is 0 Å². The molecule has 2 aliphatic rings. The van der Waals surface area contributed by atoms with Crippen LogP contribution in [0.2, 0.25) is 0 Å². The van der Waals surface area contributed by atoms with E-state index < -0.39 is 0 Å². The fourth-order valence-electron chi connectivity index (χ4n) is 3.98. The Morgan fingerprint density at radius 2 is 1.63 bits per heavy atom. The fourth-order valence-corrected chi connectivity index (χ4v) is 3.98. The highest BCUT2D eigenvalue weighted by atomic mass is 16.5. The molecule has 1 heterocycles. The first-order chi connectivity index (χ1) is 8.85. The Balaban J connectivity index is 2.02. The summed E-state index contributed by atoms with van der Waals surface area (Å²) in [4.78, 5) is 0. The molecule has 0 unspecified atom stereocenters. The van der Waals surface area contributed by atoms with Gasteiger partial charge in [0.2, 0.25) is 0 Å². The van der Waals surface area contributed by atoms with Gasteiger partial charge in [-0.25, -0.2) is 0 Å². The zero-order valence-corrected chi connectivity index (χ0v) is 13.6. The van der Waals surface area contributed by atoms with Gasteiger partial charge in [-0.3, -0.25) is 0 Å². The van der Waals surface area contributed by atoms with Crippen molar-refractivity contribution >= 4 is 0 Å². The molecule has 2 fully saturated rings. The number of rotatable bonds is 2. The third kappa shape index (κ3) is 3.16. The first-order valence-electron chi connectivity index (χ1n) is 8.26. The summed E-state index contributed by atoms with van der Waals surface area (Å²) in [6.07, 6.45) is 7.39. The molecule has 2 heteroatoms. The number of morpholine rings is 1. The predicted molar refractivity (Wildman–Crippen MR) is 81.4 cm³/mol. The summed E-state index contributed by atoms with van der Waals surface area (Å²) in [5.41, 5.74) is 0.676. The predicted octanol–water partition coefficient (Wildman–Crippen LogP) is 4.14. The highest BCUT2D eigenvalue weighted by Crippen LogP contribution is 2.45. The van der Waals surface area contributed by atoms with Gasteiger partial charge in [0.1, 0.15) is 0 Å². The third-order valence-corrected chi connectivity index (χ3v) is 5.74. The Hall–Kier alpha value is -0.0800. The molecular weight excluding hydrogens is 234 g/mol. The van der Waals surface area contributed by atoms with Gasteiger partial charge in [-0.2, -0.15) is 0 Å². The Bertz CT molecular complexity index is 293. The van der Waals surface area contributed by atoms with Gasteiger partial charge in [-0.05, 0) is 49.9 Å². The molecule has 112 valence electrons. The molecule has 0 aromatic rings. The Morgan fingerprint density at radius 3 is 2.11 bits per heavy atom. The number of hydrogen-bond donors (Lipinski definition) is 1. The molecule has 2 nitrogen and oxygen atoms in total. The average Bonchev–Trinajstić information content (AvgIpc) is 2.38. The van der Waals surface area contributed by atoms with Crippen LogP contribution in [0.4, 0.5) is 0 Å². The molecule has 1 aliphatic heterocycles. The summed E-state index contributed by atoms with van der Waals surface area (Å²) in [6.45, 7) is 13.8. The van der Waals surface area contributed by atoms with Gasteiger partial charge in [0.05, 0.1) is 11.2 Å². The summed E-state index contributed by atoms with van der Waals surface area (Å²) in [5, 5.41) is 3.67. The van der Waals surface area contributed by atoms with Crippen LogP contribution in [0.15, 0.2) is 0 Å². The minimum atomic E-state index is 0.0901. The van der Waals surface area contributed by atoms with Crippen LogP contribution in [0.1, 0.15) is 73.1 Å². The number of nitrogens with one attached hydrogen (secondary N) is 1. The van der Waals surface area contributed by atoms with E-state index >= 15 is 0 Å². The molecule has 1 saturated carbocycles. The number of hydrogen-bond acceptors (Lipinski definition) is 2. The topological polar surface area (TPSA) is 21.3 Å². The molecule has 0 radical (unpaired) electrons. The molecule has 1 N–H and O–H groups in total. The van der Waals surface area contributed by atoms with Crippen LogP contribution >= 0.6 is 0 Å². The Morgan fingerprint density at radius 1 is 1.05 bits per heavy atom. The van der Waals surface area contributed by atoms with Crippen LogP contribution in [-0.2, 0) is 4.74 Å². The molecule has 0 aromatic heterocycles. The zero-order chi connectivity index (χ0) is 14.1. The second-order valence-corrected chi connectivity index (χ2v) is 7.92. The van der Waals surface area contributed by atoms with Crippen molar-refractivity contribution in [1.82, 2.24) is 5.32 Å². The highest BCUT2D eigenvalue weighted by molar-refractivity contribution is 4.99. The van der Waals surface area contributed by atoms with Crippen molar-refractivity contribution in [3.8, 4) is 0 Å². The van der Waals surface area contributed by atoms with Crippen LogP contribution in [0.25, 0.3) is 0 Å². The van der Waals surface area contributed by atoms with Gasteiger partial charge in [0.15, 0.2) is 0 Å². The lowest BCUT2D eigenvalue weighted by Gasteiger charge is -2.52. The largest absolute Gasteiger partial charge is 0.366 e. The lowest BCUT2D eigenvalue weighted by molar-refractivity contribution is -0.199. The summed E-state index contributed by atoms with van der Waals surface area (Å²) in [5.74, 6) is 0.862. The van der Waals surface area contributed by atoms with E-state index in [1.807, 2.05) is 0 Å². The second-order valence-electron chi connectivity index (χ2n) is 7.92. The summed E-state index contributed by atoms with van der Waals surface area (Å²) in [6, 6.07) is 0. The van der Waals surface area contributed by atoms with E-state index in [2.05, 4.69) is 39.9 Å². The number of ether oxygens (including phenoxy) is 1. The first kappa shape index (κ1) is 15.3. The van der Waals surface area contributed by atoms with Gasteiger partial charge in [0, 0.05) is 13.1 Å². The third-order valence-electron chi connectivity index (χ3n) is 5.74. The van der Waals surface area contributed by atoms with Gasteiger partial charge < -0.3 is 10.1 Å². The summed E-state index contributed by atoms with van der Waals surface area (Å²) < 4.78 is 6.70. The van der Waals surface area contributed by atoms with Crippen LogP contribution in [0, 0.1) is 11.3 Å². The van der Waals surface area contributed by atoms with Crippen LogP contribution < -0.4 is 5.32 Å². The molecule has 2 rings (SSSR count). The summed E-state index contributed by atoms with van der Waals surface area (Å²) >= 11 is 0. The van der Waals surface area contributed by atoms with E-state index in [1.165, 1.54) is 25.7 Å². The van der Waals surface area contributed by atoms with Crippen molar-refractivity contribution < 1.29 is 4.74 Å². The Kier molecular flexibility index (Phi) is 4.32. The van der Waals surface area contributed by atoms with Crippen LogP contribution in [0.3, 0.4) is 0 Å². The average molecular weight is 267 g/mol. The minimum absolute atomic E-state index is 0.0901. The molecule has 0 atom stereocenters. The lowest BCUT2D eigenvalue weighted by Crippen LogP contribution is -2.61. The van der Waals surface area contributed by atoms with E-state index in [9.17, 15) is 0 Å². The lowest BCUT2D eigenvalue weighted by atomic mass is 9.67. The monoisotopic (exact) mass is 267 g/mol. The summed E-state index contributed by atoms with van der Waals surface area (Å²) in [7, 11) is 0. The normalized spacial score (nSPS) is 35.5. The van der Waals surface area contributed by atoms with Crippen LogP contribution in [0.5, 0.6) is 0 Å². The van der Waals surface area contributed by atoms with E-state index in [0.29, 0.717) is 5.41 Å². The van der Waals surface area contributed by atoms with Crippen molar-refractivity contribution in [2.75, 3.05) is 13.1 Å². The van der Waals surface area contributed by atoms with Crippen molar-refractivity contribution in [3.05, 3.63) is 0 Å². The fraction of sp³-hybridized carbons (Fsp3) is 1.00. The van der Waals surface area contributed by atoms with Crippen molar-refractivity contribution in [2.45, 2.75) is 84.3 Å². The Labute approximate surface area is 119 Å². The molecular formula is C17H33NO. The quantitative estimate of drug-likeness (QED) is 0.812. The maximum atomic E-state index is 6.70. The van der Waals surface area contributed by atoms with Gasteiger partial charge in [0.25, 0.3) is 0 Å². The highest BCUT2D eigenvalue weighted by Gasteiger charge is 2.46. The second kappa shape index (κ2) is 5.37. The maximum absolute atomic E-state index is 6.70. The SMILES string of the molecule is CCC1(CC)CNCC2(CCC(C(C)(C)C)CC2)O1. The zero-order valence-electron chi connectivity index (χ0n) is 13.6.